The lowest BCUT2D eigenvalue weighted by Crippen LogP contribution is -2.42. The number of likely N-dealkylation sites (tertiary alicyclic amines) is 1. The Morgan fingerprint density at radius 1 is 1.36 bits per heavy atom. The third kappa shape index (κ3) is 3.59. The molecule has 0 spiro atoms. The first-order valence-corrected chi connectivity index (χ1v) is 7.91. The Morgan fingerprint density at radius 2 is 2.18 bits per heavy atom. The van der Waals surface area contributed by atoms with Gasteiger partial charge in [0.05, 0.1) is 18.4 Å². The maximum absolute atomic E-state index is 12.4. The Kier molecular flexibility index (Phi) is 4.61. The predicted molar refractivity (Wildman–Crippen MR) is 82.5 cm³/mol. The van der Waals surface area contributed by atoms with Crippen LogP contribution in [0.15, 0.2) is 30.2 Å². The highest BCUT2D eigenvalue weighted by atomic mass is 16.5. The van der Waals surface area contributed by atoms with E-state index < -0.39 is 0 Å². The van der Waals surface area contributed by atoms with E-state index in [2.05, 4.69) is 4.98 Å². The molecule has 1 aromatic rings. The molecule has 3 heterocycles. The molecule has 1 amide bonds. The molecule has 118 valence electrons. The number of carbonyl (C=O) groups is 1. The lowest BCUT2D eigenvalue weighted by molar-refractivity contribution is -0.129. The average Bonchev–Trinajstić information content (AvgIpc) is 2.58. The Hall–Kier alpha value is -2.04. The number of aryl methyl sites for hydroxylation is 1. The maximum Gasteiger partial charge on any atom is 0.252 e. The van der Waals surface area contributed by atoms with Gasteiger partial charge in [-0.3, -0.25) is 4.79 Å². The number of carbonyl (C=O) groups excluding carboxylic acids is 1. The molecular formula is C17H22N2O3. The smallest absolute Gasteiger partial charge is 0.252 e. The van der Waals surface area contributed by atoms with Gasteiger partial charge in [-0.2, -0.15) is 0 Å². The SMILES string of the molecule is Cc1ccc(OC2CCN(C(=O)C3=COCCC3)CC2)nc1. The molecule has 2 aliphatic rings. The monoisotopic (exact) mass is 302 g/mol. The number of pyridine rings is 1. The minimum atomic E-state index is 0.117. The van der Waals surface area contributed by atoms with Crippen molar-refractivity contribution in [2.75, 3.05) is 19.7 Å². The molecule has 0 saturated carbocycles. The quantitative estimate of drug-likeness (QED) is 0.860. The van der Waals surface area contributed by atoms with Gasteiger partial charge in [-0.25, -0.2) is 4.98 Å². The number of hydrogen-bond donors (Lipinski definition) is 0. The van der Waals surface area contributed by atoms with Gasteiger partial charge >= 0.3 is 0 Å². The van der Waals surface area contributed by atoms with E-state index in [1.54, 1.807) is 6.26 Å². The average molecular weight is 302 g/mol. The molecule has 0 atom stereocenters. The van der Waals surface area contributed by atoms with Crippen molar-refractivity contribution < 1.29 is 14.3 Å². The molecule has 5 nitrogen and oxygen atoms in total. The van der Waals surface area contributed by atoms with Gasteiger partial charge in [0.1, 0.15) is 6.10 Å². The van der Waals surface area contributed by atoms with E-state index in [0.717, 1.165) is 56.5 Å². The molecule has 0 aliphatic carbocycles. The summed E-state index contributed by atoms with van der Waals surface area (Å²) in [6.45, 7) is 4.18. The highest BCUT2D eigenvalue weighted by molar-refractivity contribution is 5.93. The summed E-state index contributed by atoms with van der Waals surface area (Å²) in [4.78, 5) is 18.6. The molecule has 3 rings (SSSR count). The van der Waals surface area contributed by atoms with Crippen molar-refractivity contribution in [2.24, 2.45) is 0 Å². The fourth-order valence-electron chi connectivity index (χ4n) is 2.80. The zero-order valence-corrected chi connectivity index (χ0v) is 13.0. The lowest BCUT2D eigenvalue weighted by Gasteiger charge is -2.32. The summed E-state index contributed by atoms with van der Waals surface area (Å²) in [5.41, 5.74) is 1.92. The molecule has 5 heteroatoms. The van der Waals surface area contributed by atoms with Crippen molar-refractivity contribution in [2.45, 2.75) is 38.7 Å². The molecule has 0 aromatic carbocycles. The fourth-order valence-corrected chi connectivity index (χ4v) is 2.80. The summed E-state index contributed by atoms with van der Waals surface area (Å²) in [7, 11) is 0. The summed E-state index contributed by atoms with van der Waals surface area (Å²) < 4.78 is 11.2. The van der Waals surface area contributed by atoms with Crippen molar-refractivity contribution in [3.63, 3.8) is 0 Å². The second-order valence-corrected chi connectivity index (χ2v) is 5.90. The molecule has 0 N–H and O–H groups in total. The van der Waals surface area contributed by atoms with Crippen LogP contribution < -0.4 is 4.74 Å². The Bertz CT molecular complexity index is 546. The Labute approximate surface area is 130 Å². The largest absolute Gasteiger partial charge is 0.501 e. The van der Waals surface area contributed by atoms with Crippen LogP contribution >= 0.6 is 0 Å². The Balaban J connectivity index is 1.50. The molecular weight excluding hydrogens is 280 g/mol. The number of amides is 1. The van der Waals surface area contributed by atoms with Gasteiger partial charge in [-0.1, -0.05) is 6.07 Å². The van der Waals surface area contributed by atoms with Gasteiger partial charge in [-0.15, -0.1) is 0 Å². The summed E-state index contributed by atoms with van der Waals surface area (Å²) in [6, 6.07) is 3.90. The van der Waals surface area contributed by atoms with E-state index in [1.165, 1.54) is 0 Å². The molecule has 0 bridgehead atoms. The Morgan fingerprint density at radius 3 is 2.82 bits per heavy atom. The van der Waals surface area contributed by atoms with E-state index in [-0.39, 0.29) is 12.0 Å². The summed E-state index contributed by atoms with van der Waals surface area (Å²) >= 11 is 0. The highest BCUT2D eigenvalue weighted by Gasteiger charge is 2.26. The third-order valence-electron chi connectivity index (χ3n) is 4.11. The van der Waals surface area contributed by atoms with Gasteiger partial charge < -0.3 is 14.4 Å². The number of nitrogens with zero attached hydrogens (tertiary/aromatic N) is 2. The van der Waals surface area contributed by atoms with Crippen LogP contribution in [0.1, 0.15) is 31.2 Å². The molecule has 2 aliphatic heterocycles. The minimum Gasteiger partial charge on any atom is -0.501 e. The van der Waals surface area contributed by atoms with Crippen LogP contribution in [0.4, 0.5) is 0 Å². The molecule has 22 heavy (non-hydrogen) atoms. The van der Waals surface area contributed by atoms with Crippen LogP contribution in [-0.4, -0.2) is 41.6 Å². The number of aromatic nitrogens is 1. The zero-order valence-electron chi connectivity index (χ0n) is 13.0. The van der Waals surface area contributed by atoms with Gasteiger partial charge in [0.2, 0.25) is 5.88 Å². The van der Waals surface area contributed by atoms with Crippen molar-refractivity contribution >= 4 is 5.91 Å². The summed E-state index contributed by atoms with van der Waals surface area (Å²) in [5.74, 6) is 0.783. The lowest BCUT2D eigenvalue weighted by atomic mass is 10.0. The second kappa shape index (κ2) is 6.81. The molecule has 0 unspecified atom stereocenters. The summed E-state index contributed by atoms with van der Waals surface area (Å²) in [6.07, 6.45) is 7.01. The van der Waals surface area contributed by atoms with E-state index in [0.29, 0.717) is 5.88 Å². The van der Waals surface area contributed by atoms with Crippen molar-refractivity contribution in [1.29, 1.82) is 0 Å². The summed E-state index contributed by atoms with van der Waals surface area (Å²) in [5, 5.41) is 0. The third-order valence-corrected chi connectivity index (χ3v) is 4.11. The van der Waals surface area contributed by atoms with E-state index in [9.17, 15) is 4.79 Å². The van der Waals surface area contributed by atoms with Gasteiger partial charge in [0.15, 0.2) is 0 Å². The predicted octanol–water partition coefficient (Wildman–Crippen LogP) is 2.45. The van der Waals surface area contributed by atoms with Crippen LogP contribution in [0.5, 0.6) is 5.88 Å². The van der Waals surface area contributed by atoms with Gasteiger partial charge in [0.25, 0.3) is 5.91 Å². The number of piperidine rings is 1. The van der Waals surface area contributed by atoms with Gasteiger partial charge in [-0.05, 0) is 25.3 Å². The second-order valence-electron chi connectivity index (χ2n) is 5.90. The van der Waals surface area contributed by atoms with Crippen LogP contribution in [0.3, 0.4) is 0 Å². The number of ether oxygens (including phenoxy) is 2. The van der Waals surface area contributed by atoms with Crippen LogP contribution in [0, 0.1) is 6.92 Å². The number of rotatable bonds is 3. The molecule has 1 saturated heterocycles. The molecule has 1 aromatic heterocycles. The maximum atomic E-state index is 12.4. The first-order chi connectivity index (χ1) is 10.7. The van der Waals surface area contributed by atoms with Crippen LogP contribution in [0.2, 0.25) is 0 Å². The van der Waals surface area contributed by atoms with Crippen molar-refractivity contribution in [3.8, 4) is 5.88 Å². The normalized spacial score (nSPS) is 19.3. The highest BCUT2D eigenvalue weighted by Crippen LogP contribution is 2.21. The van der Waals surface area contributed by atoms with E-state index in [1.807, 2.05) is 30.2 Å². The van der Waals surface area contributed by atoms with E-state index >= 15 is 0 Å². The molecule has 1 fully saturated rings. The fraction of sp³-hybridized carbons (Fsp3) is 0.529. The van der Waals surface area contributed by atoms with Crippen LogP contribution in [-0.2, 0) is 9.53 Å². The first kappa shape index (κ1) is 14.9. The standard InChI is InChI=1S/C17H22N2O3/c1-13-4-5-16(18-11-13)22-15-6-8-19(9-7-15)17(20)14-3-2-10-21-12-14/h4-5,11-12,15H,2-3,6-10H2,1H3. The minimum absolute atomic E-state index is 0.117. The van der Waals surface area contributed by atoms with Crippen molar-refractivity contribution in [1.82, 2.24) is 9.88 Å². The van der Waals surface area contributed by atoms with Crippen LogP contribution in [0.25, 0.3) is 0 Å². The zero-order chi connectivity index (χ0) is 15.4. The van der Waals surface area contributed by atoms with Crippen molar-refractivity contribution in [3.05, 3.63) is 35.7 Å². The molecule has 0 radical (unpaired) electrons. The van der Waals surface area contributed by atoms with Gasteiger partial charge in [0, 0.05) is 38.2 Å². The topological polar surface area (TPSA) is 51.7 Å². The first-order valence-electron chi connectivity index (χ1n) is 7.91. The number of hydrogen-bond acceptors (Lipinski definition) is 4. The van der Waals surface area contributed by atoms with E-state index in [4.69, 9.17) is 9.47 Å².